The third-order valence-corrected chi connectivity index (χ3v) is 5.21. The quantitative estimate of drug-likeness (QED) is 0.144. The number of likely N-dealkylation sites (tertiary alicyclic amines) is 1. The number of hydrogen-bond donors (Lipinski definition) is 1. The number of imide groups is 1. The Morgan fingerprint density at radius 2 is 1.52 bits per heavy atom. The second kappa shape index (κ2) is 21.5. The van der Waals surface area contributed by atoms with Crippen molar-refractivity contribution in [3.63, 3.8) is 0 Å². The van der Waals surface area contributed by atoms with E-state index in [0.29, 0.717) is 38.6 Å². The van der Waals surface area contributed by atoms with Gasteiger partial charge in [-0.1, -0.05) is 70.4 Å². The zero-order valence-corrected chi connectivity index (χ0v) is 25.2. The van der Waals surface area contributed by atoms with Gasteiger partial charge in [0, 0.05) is 19.4 Å². The van der Waals surface area contributed by atoms with Crippen LogP contribution in [0.5, 0.6) is 0 Å². The Balaban J connectivity index is -0.000000911. The normalized spacial score (nSPS) is 14.7. The van der Waals surface area contributed by atoms with Crippen molar-refractivity contribution in [3.05, 3.63) is 12.2 Å². The van der Waals surface area contributed by atoms with E-state index in [4.69, 9.17) is 0 Å². The number of carbonyl (C=O) groups excluding carboxylic acids is 2. The van der Waals surface area contributed by atoms with Crippen LogP contribution in [0.15, 0.2) is 12.2 Å². The number of aliphatic carboxylic acids is 1. The molecule has 1 N–H and O–H groups in total. The summed E-state index contributed by atoms with van der Waals surface area (Å²) in [6.07, 6.45) is 17.5. The minimum atomic E-state index is -0.796. The monoisotopic (exact) mass is 459 g/mol. The predicted octanol–water partition coefficient (Wildman–Crippen LogP) is -0.673. The fourth-order valence-corrected chi connectivity index (χ4v) is 3.47. The van der Waals surface area contributed by atoms with E-state index in [1.54, 1.807) is 0 Å². The summed E-state index contributed by atoms with van der Waals surface area (Å²) in [5.41, 5.74) is 0. The molecule has 1 rings (SSSR count). The Morgan fingerprint density at radius 3 is 2.07 bits per heavy atom. The van der Waals surface area contributed by atoms with E-state index in [-0.39, 0.29) is 117 Å². The molecule has 0 spiro atoms. The molecule has 1 aliphatic rings. The summed E-state index contributed by atoms with van der Waals surface area (Å²) in [6.45, 7) is 2.65. The summed E-state index contributed by atoms with van der Waals surface area (Å²) in [7, 11) is 0. The molecule has 0 bridgehead atoms. The molecule has 1 saturated heterocycles. The maximum atomic E-state index is 11.5. The third-order valence-electron chi connectivity index (χ3n) is 5.21. The Labute approximate surface area is 265 Å². The Morgan fingerprint density at radius 1 is 0.966 bits per heavy atom. The van der Waals surface area contributed by atoms with Crippen molar-refractivity contribution in [1.29, 1.82) is 0 Å². The van der Waals surface area contributed by atoms with Crippen LogP contribution in [0.3, 0.4) is 0 Å². The molecular formula is C22H39K2NO4. The van der Waals surface area contributed by atoms with Gasteiger partial charge in [0.1, 0.15) is 0 Å². The molecule has 0 aromatic heterocycles. The molecule has 1 heterocycles. The Kier molecular flexibility index (Phi) is 24.3. The minimum Gasteiger partial charge on any atom is -1.00 e. The number of carboxylic acids is 1. The summed E-state index contributed by atoms with van der Waals surface area (Å²) in [4.78, 5) is 35.8. The summed E-state index contributed by atoms with van der Waals surface area (Å²) < 4.78 is 0. The van der Waals surface area contributed by atoms with Gasteiger partial charge in [-0.05, 0) is 25.7 Å². The van der Waals surface area contributed by atoms with Gasteiger partial charge in [-0.3, -0.25) is 19.3 Å². The summed E-state index contributed by atoms with van der Waals surface area (Å²) >= 11 is 0. The SMILES string of the molecule is CCCCCCCCCCC=CC(CCCCN1C(=O)CCC1=O)C(=O)O.[H-].[H-].[K+].[K+]. The number of allylic oxidation sites excluding steroid dienone is 1. The van der Waals surface area contributed by atoms with Crippen molar-refractivity contribution >= 4 is 17.8 Å². The first kappa shape index (κ1) is 32.8. The molecule has 0 aliphatic carbocycles. The number of nitrogens with zero attached hydrogens (tertiary/aromatic N) is 1. The molecule has 2 amide bonds. The maximum absolute atomic E-state index is 11.5. The minimum absolute atomic E-state index is 0. The van der Waals surface area contributed by atoms with Gasteiger partial charge in [-0.15, -0.1) is 0 Å². The smallest absolute Gasteiger partial charge is 1.00 e. The molecule has 5 nitrogen and oxygen atoms in total. The summed E-state index contributed by atoms with van der Waals surface area (Å²) in [6, 6.07) is 0. The van der Waals surface area contributed by atoms with Gasteiger partial charge in [-0.2, -0.15) is 0 Å². The number of amides is 2. The van der Waals surface area contributed by atoms with Crippen molar-refractivity contribution in [2.75, 3.05) is 6.54 Å². The van der Waals surface area contributed by atoms with E-state index in [1.165, 1.54) is 49.8 Å². The second-order valence-electron chi connectivity index (χ2n) is 7.57. The molecule has 0 aromatic carbocycles. The largest absolute Gasteiger partial charge is 1.00 e. The molecule has 0 aromatic rings. The number of hydrogen-bond acceptors (Lipinski definition) is 3. The van der Waals surface area contributed by atoms with Crippen LogP contribution in [0.4, 0.5) is 0 Å². The molecule has 1 aliphatic heterocycles. The average Bonchev–Trinajstić information content (AvgIpc) is 2.96. The number of carboxylic acid groups (broad SMARTS) is 1. The van der Waals surface area contributed by atoms with Crippen LogP contribution in [0, 0.1) is 5.92 Å². The van der Waals surface area contributed by atoms with E-state index in [2.05, 4.69) is 6.92 Å². The van der Waals surface area contributed by atoms with Crippen LogP contribution >= 0.6 is 0 Å². The molecule has 1 unspecified atom stereocenters. The van der Waals surface area contributed by atoms with Crippen LogP contribution in [-0.4, -0.2) is 34.3 Å². The molecule has 0 radical (unpaired) electrons. The fourth-order valence-electron chi connectivity index (χ4n) is 3.47. The number of rotatable bonds is 16. The predicted molar refractivity (Wildman–Crippen MR) is 110 cm³/mol. The van der Waals surface area contributed by atoms with Crippen LogP contribution in [-0.2, 0) is 14.4 Å². The molecule has 0 saturated carbocycles. The van der Waals surface area contributed by atoms with E-state index < -0.39 is 11.9 Å². The first-order valence-electron chi connectivity index (χ1n) is 10.8. The van der Waals surface area contributed by atoms with Crippen LogP contribution in [0.1, 0.15) is 99.7 Å². The van der Waals surface area contributed by atoms with Gasteiger partial charge < -0.3 is 7.96 Å². The van der Waals surface area contributed by atoms with Gasteiger partial charge in [0.15, 0.2) is 0 Å². The van der Waals surface area contributed by atoms with Gasteiger partial charge in [0.05, 0.1) is 5.92 Å². The van der Waals surface area contributed by atoms with Crippen LogP contribution < -0.4 is 103 Å². The van der Waals surface area contributed by atoms with Crippen molar-refractivity contribution in [2.45, 2.75) is 96.8 Å². The summed E-state index contributed by atoms with van der Waals surface area (Å²) in [5, 5.41) is 9.34. The van der Waals surface area contributed by atoms with Crippen molar-refractivity contribution < 1.29 is 125 Å². The number of carbonyl (C=O) groups is 3. The van der Waals surface area contributed by atoms with E-state index in [0.717, 1.165) is 12.8 Å². The number of unbranched alkanes of at least 4 members (excludes halogenated alkanes) is 9. The van der Waals surface area contributed by atoms with E-state index in [9.17, 15) is 19.5 Å². The first-order chi connectivity index (χ1) is 13.1. The molecule has 7 heteroatoms. The first-order valence-corrected chi connectivity index (χ1v) is 10.8. The average molecular weight is 460 g/mol. The zero-order valence-electron chi connectivity index (χ0n) is 21.0. The van der Waals surface area contributed by atoms with Crippen molar-refractivity contribution in [2.24, 2.45) is 5.92 Å². The van der Waals surface area contributed by atoms with Gasteiger partial charge >= 0.3 is 109 Å². The van der Waals surface area contributed by atoms with Gasteiger partial charge in [-0.25, -0.2) is 0 Å². The Hall–Kier alpha value is 1.62. The van der Waals surface area contributed by atoms with E-state index in [1.807, 2.05) is 12.2 Å². The summed E-state index contributed by atoms with van der Waals surface area (Å²) in [5.74, 6) is -1.46. The van der Waals surface area contributed by atoms with Crippen LogP contribution in [0.2, 0.25) is 0 Å². The van der Waals surface area contributed by atoms with Crippen LogP contribution in [0.25, 0.3) is 0 Å². The molecule has 1 fully saturated rings. The molecule has 1 atom stereocenters. The van der Waals surface area contributed by atoms with Gasteiger partial charge in [0.2, 0.25) is 11.8 Å². The third kappa shape index (κ3) is 16.0. The molecular weight excluding hydrogens is 420 g/mol. The fraction of sp³-hybridized carbons (Fsp3) is 0.773. The van der Waals surface area contributed by atoms with Crippen molar-refractivity contribution in [3.8, 4) is 0 Å². The standard InChI is InChI=1S/C22H37NO4.2K.2H/c1-2-3-4-5-6-7-8-9-10-11-14-19(22(26)27)15-12-13-18-23-20(24)16-17-21(23)25;;;;/h11,14,19H,2-10,12-13,15-18H2,1H3,(H,26,27);;;;/q;2*+1;2*-1. The molecule has 29 heavy (non-hydrogen) atoms. The van der Waals surface area contributed by atoms with Crippen molar-refractivity contribution in [1.82, 2.24) is 4.90 Å². The second-order valence-corrected chi connectivity index (χ2v) is 7.57. The Bertz CT molecular complexity index is 492. The molecule has 158 valence electrons. The van der Waals surface area contributed by atoms with Gasteiger partial charge in [0.25, 0.3) is 0 Å². The zero-order chi connectivity index (χ0) is 19.9. The topological polar surface area (TPSA) is 74.7 Å². The maximum Gasteiger partial charge on any atom is 1.00 e. The van der Waals surface area contributed by atoms with E-state index >= 15 is 0 Å².